The number of nitrogens with one attached hydrogen (secondary N) is 1. The summed E-state index contributed by atoms with van der Waals surface area (Å²) in [5, 5.41) is 2.87. The van der Waals surface area contributed by atoms with Crippen LogP contribution >= 0.6 is 22.9 Å². The number of hydrogen-bond donors (Lipinski definition) is 1. The highest BCUT2D eigenvalue weighted by atomic mass is 35.5. The minimum absolute atomic E-state index is 0.0290. The number of amides is 1. The highest BCUT2D eigenvalue weighted by Crippen LogP contribution is 2.30. The number of aromatic nitrogens is 1. The van der Waals surface area contributed by atoms with E-state index in [1.165, 1.54) is 0 Å². The van der Waals surface area contributed by atoms with E-state index >= 15 is 0 Å². The van der Waals surface area contributed by atoms with Gasteiger partial charge in [-0.1, -0.05) is 22.9 Å². The Morgan fingerprint density at radius 1 is 1.39 bits per heavy atom. The lowest BCUT2D eigenvalue weighted by molar-refractivity contribution is 0.0492. The summed E-state index contributed by atoms with van der Waals surface area (Å²) in [5.41, 5.74) is -0.538. The molecule has 0 aliphatic heterocycles. The van der Waals surface area contributed by atoms with E-state index in [9.17, 15) is 9.59 Å². The summed E-state index contributed by atoms with van der Waals surface area (Å²) in [7, 11) is 0. The largest absolute Gasteiger partial charge is 0.468 e. The van der Waals surface area contributed by atoms with Crippen LogP contribution in [0.1, 0.15) is 45.1 Å². The topological polar surface area (TPSA) is 86.8 Å². The molecule has 0 unspecified atom stereocenters. The predicted octanol–water partition coefficient (Wildman–Crippen LogP) is 3.27. The number of carbonyl (C=O) groups excluding carboxylic acids is 2. The molecule has 1 aromatic rings. The van der Waals surface area contributed by atoms with Crippen molar-refractivity contribution >= 4 is 35.0 Å². The molecule has 0 radical (unpaired) electrons. The molecule has 130 valence electrons. The standard InChI is InChI=1S/C14H21ClN2O5S/c1-6-20-11(18)9-10(15)23-13(17-9)21-7-8(2)16-12(19)22-14(3,4)5/h8H,6-7H2,1-5H3,(H,16,19)/t8-/m0/s1. The first-order valence-corrected chi connectivity index (χ1v) is 8.27. The Hall–Kier alpha value is -1.54. The van der Waals surface area contributed by atoms with Crippen LogP contribution in [-0.4, -0.2) is 41.9 Å². The third-order valence-electron chi connectivity index (χ3n) is 2.25. The molecule has 9 heteroatoms. The predicted molar refractivity (Wildman–Crippen MR) is 87.4 cm³/mol. The zero-order chi connectivity index (χ0) is 17.6. The van der Waals surface area contributed by atoms with E-state index < -0.39 is 17.7 Å². The summed E-state index contributed by atoms with van der Waals surface area (Å²) in [6.07, 6.45) is -0.530. The van der Waals surface area contributed by atoms with E-state index in [2.05, 4.69) is 10.3 Å². The number of thiazole rings is 1. The SMILES string of the molecule is CCOC(=O)c1nc(OC[C@H](C)NC(=O)OC(C)(C)C)sc1Cl. The lowest BCUT2D eigenvalue weighted by Crippen LogP contribution is -2.40. The van der Waals surface area contributed by atoms with Crippen molar-refractivity contribution in [3.8, 4) is 5.19 Å². The van der Waals surface area contributed by atoms with Crippen molar-refractivity contribution < 1.29 is 23.8 Å². The third-order valence-corrected chi connectivity index (χ3v) is 3.42. The first-order chi connectivity index (χ1) is 10.6. The fraction of sp³-hybridized carbons (Fsp3) is 0.643. The van der Waals surface area contributed by atoms with Crippen molar-refractivity contribution in [1.29, 1.82) is 0 Å². The molecule has 1 rings (SSSR count). The van der Waals surface area contributed by atoms with E-state index in [0.29, 0.717) is 0 Å². The Labute approximate surface area is 144 Å². The summed E-state index contributed by atoms with van der Waals surface area (Å²) >= 11 is 6.96. The summed E-state index contributed by atoms with van der Waals surface area (Å²) < 4.78 is 15.6. The third kappa shape index (κ3) is 7.04. The van der Waals surface area contributed by atoms with Crippen LogP contribution in [0.5, 0.6) is 5.19 Å². The van der Waals surface area contributed by atoms with Gasteiger partial charge in [-0.3, -0.25) is 0 Å². The zero-order valence-electron chi connectivity index (χ0n) is 13.8. The molecule has 0 bridgehead atoms. The van der Waals surface area contributed by atoms with Gasteiger partial charge < -0.3 is 19.5 Å². The van der Waals surface area contributed by atoms with Crippen molar-refractivity contribution in [3.63, 3.8) is 0 Å². The molecule has 1 N–H and O–H groups in total. The summed E-state index contributed by atoms with van der Waals surface area (Å²) in [4.78, 5) is 27.2. The molecule has 0 aliphatic rings. The monoisotopic (exact) mass is 364 g/mol. The molecule has 0 aliphatic carbocycles. The van der Waals surface area contributed by atoms with Crippen LogP contribution in [0.4, 0.5) is 4.79 Å². The van der Waals surface area contributed by atoms with Gasteiger partial charge in [-0.2, -0.15) is 4.98 Å². The van der Waals surface area contributed by atoms with E-state index in [-0.39, 0.29) is 34.5 Å². The van der Waals surface area contributed by atoms with Gasteiger partial charge in [0, 0.05) is 0 Å². The molecule has 0 fully saturated rings. The van der Waals surface area contributed by atoms with Crippen LogP contribution in [0.2, 0.25) is 4.34 Å². The van der Waals surface area contributed by atoms with Crippen molar-refractivity contribution in [2.45, 2.75) is 46.3 Å². The van der Waals surface area contributed by atoms with Gasteiger partial charge in [-0.15, -0.1) is 0 Å². The van der Waals surface area contributed by atoms with E-state index in [1.54, 1.807) is 34.6 Å². The number of esters is 1. The number of nitrogens with zero attached hydrogens (tertiary/aromatic N) is 1. The van der Waals surface area contributed by atoms with Gasteiger partial charge in [-0.05, 0) is 34.6 Å². The smallest absolute Gasteiger partial charge is 0.407 e. The molecule has 1 atom stereocenters. The molecule has 0 aromatic carbocycles. The minimum atomic E-state index is -0.594. The number of halogens is 1. The van der Waals surface area contributed by atoms with Gasteiger partial charge in [0.05, 0.1) is 12.6 Å². The van der Waals surface area contributed by atoms with Crippen molar-refractivity contribution in [2.75, 3.05) is 13.2 Å². The normalized spacial score (nSPS) is 12.4. The maximum atomic E-state index is 11.6. The molecule has 1 amide bonds. The zero-order valence-corrected chi connectivity index (χ0v) is 15.3. The van der Waals surface area contributed by atoms with E-state index in [4.69, 9.17) is 25.8 Å². The summed E-state index contributed by atoms with van der Waals surface area (Å²) in [6.45, 7) is 9.18. The number of ether oxygens (including phenoxy) is 3. The Kier molecular flexibility index (Phi) is 7.08. The second kappa shape index (κ2) is 8.35. The number of carbonyl (C=O) groups is 2. The van der Waals surface area contributed by atoms with Gasteiger partial charge >= 0.3 is 12.1 Å². The average molecular weight is 365 g/mol. The molecular formula is C14H21ClN2O5S. The number of alkyl carbamates (subject to hydrolysis) is 1. The molecular weight excluding hydrogens is 344 g/mol. The van der Waals surface area contributed by atoms with Crippen molar-refractivity contribution in [1.82, 2.24) is 10.3 Å². The Balaban J connectivity index is 2.50. The van der Waals surface area contributed by atoms with Gasteiger partial charge in [0.15, 0.2) is 5.69 Å². The van der Waals surface area contributed by atoms with Gasteiger partial charge in [0.25, 0.3) is 5.19 Å². The van der Waals surface area contributed by atoms with Crippen LogP contribution < -0.4 is 10.1 Å². The molecule has 23 heavy (non-hydrogen) atoms. The lowest BCUT2D eigenvalue weighted by Gasteiger charge is -2.21. The summed E-state index contributed by atoms with van der Waals surface area (Å²) in [5.74, 6) is -0.594. The van der Waals surface area contributed by atoms with Crippen LogP contribution in [0.15, 0.2) is 0 Å². The molecule has 1 heterocycles. The van der Waals surface area contributed by atoms with Gasteiger partial charge in [0.1, 0.15) is 16.5 Å². The van der Waals surface area contributed by atoms with E-state index in [0.717, 1.165) is 11.3 Å². The highest BCUT2D eigenvalue weighted by Gasteiger charge is 2.20. The van der Waals surface area contributed by atoms with Crippen LogP contribution in [0.25, 0.3) is 0 Å². The Bertz CT molecular complexity index is 556. The molecule has 0 saturated carbocycles. The molecule has 0 spiro atoms. The fourth-order valence-electron chi connectivity index (χ4n) is 1.42. The highest BCUT2D eigenvalue weighted by molar-refractivity contribution is 7.17. The first kappa shape index (κ1) is 19.5. The first-order valence-electron chi connectivity index (χ1n) is 7.08. The Morgan fingerprint density at radius 2 is 2.04 bits per heavy atom. The Morgan fingerprint density at radius 3 is 2.61 bits per heavy atom. The minimum Gasteiger partial charge on any atom is -0.468 e. The van der Waals surface area contributed by atoms with Gasteiger partial charge in [-0.25, -0.2) is 9.59 Å². The second-order valence-corrected chi connectivity index (χ2v) is 7.24. The van der Waals surface area contributed by atoms with Crippen LogP contribution in [-0.2, 0) is 9.47 Å². The molecule has 0 saturated heterocycles. The average Bonchev–Trinajstić information content (AvgIpc) is 2.75. The van der Waals surface area contributed by atoms with Crippen LogP contribution in [0, 0.1) is 0 Å². The second-order valence-electron chi connectivity index (χ2n) is 5.68. The van der Waals surface area contributed by atoms with Crippen molar-refractivity contribution in [3.05, 3.63) is 10.0 Å². The maximum Gasteiger partial charge on any atom is 0.407 e. The van der Waals surface area contributed by atoms with E-state index in [1.807, 2.05) is 0 Å². The maximum absolute atomic E-state index is 11.6. The summed E-state index contributed by atoms with van der Waals surface area (Å²) in [6, 6.07) is -0.307. The molecule has 1 aromatic heterocycles. The molecule has 7 nitrogen and oxygen atoms in total. The fourth-order valence-corrected chi connectivity index (χ4v) is 2.38. The van der Waals surface area contributed by atoms with Gasteiger partial charge in [0.2, 0.25) is 0 Å². The van der Waals surface area contributed by atoms with Crippen molar-refractivity contribution in [2.24, 2.45) is 0 Å². The number of hydrogen-bond acceptors (Lipinski definition) is 7. The van der Waals surface area contributed by atoms with Crippen LogP contribution in [0.3, 0.4) is 0 Å². The quantitative estimate of drug-likeness (QED) is 0.779. The lowest BCUT2D eigenvalue weighted by atomic mass is 10.2. The number of rotatable bonds is 6.